The molecule has 0 spiro atoms. The molecule has 0 aliphatic heterocycles. The van der Waals surface area contributed by atoms with Crippen molar-refractivity contribution in [3.63, 3.8) is 0 Å². The molecule has 1 radical (unpaired) electrons. The summed E-state index contributed by atoms with van der Waals surface area (Å²) in [6, 6.07) is 8.47. The Balaban J connectivity index is 3.08. The van der Waals surface area contributed by atoms with Gasteiger partial charge in [0.05, 0.1) is 0 Å². The fourth-order valence-corrected chi connectivity index (χ4v) is 0.616. The van der Waals surface area contributed by atoms with Crippen LogP contribution < -0.4 is 5.73 Å². The minimum Gasteiger partial charge on any atom is -0.399 e. The van der Waals surface area contributed by atoms with Crippen molar-refractivity contribution in [1.29, 1.82) is 0 Å². The molecule has 0 saturated heterocycles. The van der Waals surface area contributed by atoms with Gasteiger partial charge < -0.3 is 5.73 Å². The molecule has 1 aromatic carbocycles. The van der Waals surface area contributed by atoms with Crippen LogP contribution in [0.5, 0.6) is 0 Å². The van der Waals surface area contributed by atoms with Crippen LogP contribution in [0, 0.1) is 13.0 Å². The maximum atomic E-state index is 5.43. The number of aryl methyl sites for hydroxylation is 1. The second kappa shape index (κ2) is 1.86. The first-order valence-electron chi connectivity index (χ1n) is 2.52. The van der Waals surface area contributed by atoms with Crippen LogP contribution in [0.3, 0.4) is 0 Å². The third-order valence-corrected chi connectivity index (χ3v) is 0.955. The topological polar surface area (TPSA) is 26.0 Å². The third kappa shape index (κ3) is 0.997. The van der Waals surface area contributed by atoms with E-state index in [4.69, 9.17) is 5.73 Å². The maximum absolute atomic E-state index is 5.43. The Bertz CT molecular complexity index is 164. The van der Waals surface area contributed by atoms with E-state index in [2.05, 4.69) is 6.07 Å². The average molecular weight is 106 g/mol. The summed E-state index contributed by atoms with van der Waals surface area (Å²) in [5.41, 5.74) is 7.37. The first kappa shape index (κ1) is 5.16. The molecule has 0 aliphatic rings. The molecule has 1 heteroatoms. The lowest BCUT2D eigenvalue weighted by Gasteiger charge is -1.90. The lowest BCUT2D eigenvalue weighted by Crippen LogP contribution is -1.82. The monoisotopic (exact) mass is 106 g/mol. The number of hydrogen-bond acceptors (Lipinski definition) is 1. The molecule has 0 atom stereocenters. The molecular weight excluding hydrogens is 98.1 g/mol. The van der Waals surface area contributed by atoms with Gasteiger partial charge in [0.15, 0.2) is 0 Å². The molecular formula is C7H8N. The van der Waals surface area contributed by atoms with Crippen LogP contribution in [0.4, 0.5) is 5.69 Å². The predicted octanol–water partition coefficient (Wildman–Crippen LogP) is 1.38. The Morgan fingerprint density at radius 3 is 2.62 bits per heavy atom. The predicted molar refractivity (Wildman–Crippen MR) is 34.4 cm³/mol. The molecule has 0 aliphatic carbocycles. The van der Waals surface area contributed by atoms with Gasteiger partial charge in [0, 0.05) is 5.69 Å². The minimum absolute atomic E-state index is 0.782. The van der Waals surface area contributed by atoms with E-state index < -0.39 is 0 Å². The van der Waals surface area contributed by atoms with Gasteiger partial charge in [0.2, 0.25) is 0 Å². The zero-order chi connectivity index (χ0) is 5.98. The zero-order valence-corrected chi connectivity index (χ0v) is 4.81. The van der Waals surface area contributed by atoms with Crippen molar-refractivity contribution >= 4 is 5.69 Å². The fraction of sp³-hybridized carbons (Fsp3) is 0.143. The fourth-order valence-electron chi connectivity index (χ4n) is 0.616. The number of nitrogen functional groups attached to an aromatic ring is 1. The standard InChI is InChI=1S/C7H8N/c1-6-3-2-4-7(8)5-6/h3-5H,8H2,1H3. The van der Waals surface area contributed by atoms with Crippen molar-refractivity contribution in [3.05, 3.63) is 29.8 Å². The molecule has 2 N–H and O–H groups in total. The molecule has 1 rings (SSSR count). The largest absolute Gasteiger partial charge is 0.399 e. The summed E-state index contributed by atoms with van der Waals surface area (Å²) in [4.78, 5) is 0. The Morgan fingerprint density at radius 1 is 1.50 bits per heavy atom. The van der Waals surface area contributed by atoms with Crippen LogP contribution in [0.1, 0.15) is 5.56 Å². The van der Waals surface area contributed by atoms with Gasteiger partial charge in [-0.25, -0.2) is 0 Å². The molecule has 0 saturated carbocycles. The van der Waals surface area contributed by atoms with E-state index in [0.717, 1.165) is 11.3 Å². The molecule has 0 fully saturated rings. The molecule has 0 aromatic heterocycles. The number of rotatable bonds is 0. The van der Waals surface area contributed by atoms with E-state index in [1.165, 1.54) is 0 Å². The van der Waals surface area contributed by atoms with E-state index in [9.17, 15) is 0 Å². The van der Waals surface area contributed by atoms with Crippen molar-refractivity contribution < 1.29 is 0 Å². The first-order valence-corrected chi connectivity index (χ1v) is 2.52. The second-order valence-electron chi connectivity index (χ2n) is 1.84. The van der Waals surface area contributed by atoms with Gasteiger partial charge >= 0.3 is 0 Å². The van der Waals surface area contributed by atoms with Crippen LogP contribution in [-0.2, 0) is 0 Å². The van der Waals surface area contributed by atoms with Crippen molar-refractivity contribution in [2.24, 2.45) is 0 Å². The summed E-state index contributed by atoms with van der Waals surface area (Å²) >= 11 is 0. The van der Waals surface area contributed by atoms with Gasteiger partial charge in [-0.3, -0.25) is 0 Å². The van der Waals surface area contributed by atoms with E-state index >= 15 is 0 Å². The Morgan fingerprint density at radius 2 is 2.25 bits per heavy atom. The first-order chi connectivity index (χ1) is 3.79. The third-order valence-electron chi connectivity index (χ3n) is 0.955. The summed E-state index contributed by atoms with van der Waals surface area (Å²) in [5.74, 6) is 0. The van der Waals surface area contributed by atoms with Gasteiger partial charge in [-0.05, 0) is 30.7 Å². The highest BCUT2D eigenvalue weighted by Gasteiger charge is 1.81. The van der Waals surface area contributed by atoms with Crippen LogP contribution in [0.2, 0.25) is 0 Å². The minimum atomic E-state index is 0.782. The smallest absolute Gasteiger partial charge is 0.0322 e. The molecule has 0 bridgehead atoms. The summed E-state index contributed by atoms with van der Waals surface area (Å²) in [5, 5.41) is 0. The molecule has 1 aromatic rings. The van der Waals surface area contributed by atoms with Crippen molar-refractivity contribution in [2.45, 2.75) is 6.92 Å². The van der Waals surface area contributed by atoms with E-state index in [1.807, 2.05) is 19.1 Å². The van der Waals surface area contributed by atoms with E-state index in [0.29, 0.717) is 0 Å². The zero-order valence-electron chi connectivity index (χ0n) is 4.81. The number of hydrogen-bond donors (Lipinski definition) is 1. The molecule has 0 heterocycles. The van der Waals surface area contributed by atoms with Gasteiger partial charge in [-0.15, -0.1) is 0 Å². The van der Waals surface area contributed by atoms with Gasteiger partial charge in [0.25, 0.3) is 0 Å². The highest BCUT2D eigenvalue weighted by Crippen LogP contribution is 2.02. The van der Waals surface area contributed by atoms with Crippen LogP contribution in [0.25, 0.3) is 0 Å². The lowest BCUT2D eigenvalue weighted by molar-refractivity contribution is 1.47. The summed E-state index contributed by atoms with van der Waals surface area (Å²) in [7, 11) is 0. The van der Waals surface area contributed by atoms with Crippen molar-refractivity contribution in [1.82, 2.24) is 0 Å². The number of benzene rings is 1. The molecule has 41 valence electrons. The average Bonchev–Trinajstić information content (AvgIpc) is 1.64. The van der Waals surface area contributed by atoms with Crippen LogP contribution in [0.15, 0.2) is 18.2 Å². The Kier molecular flexibility index (Phi) is 1.20. The summed E-state index contributed by atoms with van der Waals surface area (Å²) in [6.45, 7) is 1.99. The molecule has 1 nitrogen and oxygen atoms in total. The van der Waals surface area contributed by atoms with Crippen molar-refractivity contribution in [2.75, 3.05) is 5.73 Å². The highest BCUT2D eigenvalue weighted by molar-refractivity contribution is 5.39. The summed E-state index contributed by atoms with van der Waals surface area (Å²) in [6.07, 6.45) is 0. The highest BCUT2D eigenvalue weighted by atomic mass is 14.5. The summed E-state index contributed by atoms with van der Waals surface area (Å²) < 4.78 is 0. The normalized spacial score (nSPS) is 9.12. The van der Waals surface area contributed by atoms with Gasteiger partial charge in [0.1, 0.15) is 0 Å². The van der Waals surface area contributed by atoms with Crippen LogP contribution >= 0.6 is 0 Å². The molecule has 8 heavy (non-hydrogen) atoms. The number of nitrogens with two attached hydrogens (primary N) is 1. The number of anilines is 1. The Hall–Kier alpha value is -0.980. The molecule has 0 amide bonds. The SMILES string of the molecule is Cc1c[c]cc(N)c1. The molecule has 0 unspecified atom stereocenters. The maximum Gasteiger partial charge on any atom is 0.0322 e. The van der Waals surface area contributed by atoms with Crippen molar-refractivity contribution in [3.8, 4) is 0 Å². The van der Waals surface area contributed by atoms with Gasteiger partial charge in [-0.1, -0.05) is 6.07 Å². The second-order valence-corrected chi connectivity index (χ2v) is 1.84. The van der Waals surface area contributed by atoms with E-state index in [1.54, 1.807) is 6.07 Å². The Labute approximate surface area is 49.1 Å². The van der Waals surface area contributed by atoms with Crippen LogP contribution in [-0.4, -0.2) is 0 Å². The van der Waals surface area contributed by atoms with Gasteiger partial charge in [-0.2, -0.15) is 0 Å². The lowest BCUT2D eigenvalue weighted by atomic mass is 10.2. The quantitative estimate of drug-likeness (QED) is 0.497. The van der Waals surface area contributed by atoms with E-state index in [-0.39, 0.29) is 0 Å².